The molecule has 0 fully saturated rings. The summed E-state index contributed by atoms with van der Waals surface area (Å²) in [7, 11) is 5.01. The zero-order valence-corrected chi connectivity index (χ0v) is 11.0. The molecule has 0 spiro atoms. The Morgan fingerprint density at radius 3 is 2.17 bits per heavy atom. The number of hydrogen-bond donors (Lipinski definition) is 0. The summed E-state index contributed by atoms with van der Waals surface area (Å²) in [6.45, 7) is 0. The first kappa shape index (κ1) is 12.6. The van der Waals surface area contributed by atoms with Crippen molar-refractivity contribution in [1.29, 1.82) is 0 Å². The highest BCUT2D eigenvalue weighted by Crippen LogP contribution is 2.33. The average Bonchev–Trinajstić information content (AvgIpc) is 2.46. The SMILES string of the molecule is COC1=CC=C(c2ccc(OC)c(OC)c2)CC1. The number of ether oxygens (including phenoxy) is 3. The van der Waals surface area contributed by atoms with Gasteiger partial charge < -0.3 is 14.2 Å². The monoisotopic (exact) mass is 246 g/mol. The minimum Gasteiger partial charge on any atom is -0.501 e. The maximum absolute atomic E-state index is 5.32. The lowest BCUT2D eigenvalue weighted by atomic mass is 9.96. The van der Waals surface area contributed by atoms with Crippen LogP contribution in [0.2, 0.25) is 0 Å². The molecular formula is C15H18O3. The quantitative estimate of drug-likeness (QED) is 0.814. The first-order valence-electron chi connectivity index (χ1n) is 5.94. The average molecular weight is 246 g/mol. The Morgan fingerprint density at radius 2 is 1.61 bits per heavy atom. The number of benzene rings is 1. The van der Waals surface area contributed by atoms with Crippen LogP contribution in [0.3, 0.4) is 0 Å². The van der Waals surface area contributed by atoms with Crippen molar-refractivity contribution in [3.05, 3.63) is 41.7 Å². The van der Waals surface area contributed by atoms with Crippen molar-refractivity contribution < 1.29 is 14.2 Å². The third kappa shape index (κ3) is 2.50. The van der Waals surface area contributed by atoms with Crippen LogP contribution in [0.5, 0.6) is 11.5 Å². The molecule has 0 heterocycles. The standard InChI is InChI=1S/C15H18O3/c1-16-13-7-4-11(5-8-13)12-6-9-14(17-2)15(10-12)18-3/h4,6-7,9-10H,5,8H2,1-3H3. The van der Waals surface area contributed by atoms with E-state index < -0.39 is 0 Å². The molecular weight excluding hydrogens is 228 g/mol. The molecule has 0 aliphatic heterocycles. The van der Waals surface area contributed by atoms with Crippen LogP contribution >= 0.6 is 0 Å². The Kier molecular flexibility index (Phi) is 3.92. The van der Waals surface area contributed by atoms with Crippen LogP contribution in [0.1, 0.15) is 18.4 Å². The fourth-order valence-corrected chi connectivity index (χ4v) is 2.06. The van der Waals surface area contributed by atoms with E-state index >= 15 is 0 Å². The van der Waals surface area contributed by atoms with Gasteiger partial charge in [-0.05, 0) is 35.8 Å². The third-order valence-electron chi connectivity index (χ3n) is 3.13. The second kappa shape index (κ2) is 5.63. The predicted molar refractivity (Wildman–Crippen MR) is 71.8 cm³/mol. The summed E-state index contributed by atoms with van der Waals surface area (Å²) in [6, 6.07) is 6.00. The molecule has 0 N–H and O–H groups in total. The van der Waals surface area contributed by atoms with E-state index in [0.717, 1.165) is 30.1 Å². The van der Waals surface area contributed by atoms with Crippen LogP contribution < -0.4 is 9.47 Å². The van der Waals surface area contributed by atoms with Gasteiger partial charge in [-0.15, -0.1) is 0 Å². The first-order chi connectivity index (χ1) is 8.78. The van der Waals surface area contributed by atoms with E-state index in [0.29, 0.717) is 0 Å². The van der Waals surface area contributed by atoms with Gasteiger partial charge in [0, 0.05) is 6.42 Å². The maximum Gasteiger partial charge on any atom is 0.161 e. The van der Waals surface area contributed by atoms with Crippen LogP contribution in [-0.4, -0.2) is 21.3 Å². The first-order valence-corrected chi connectivity index (χ1v) is 5.94. The van der Waals surface area contributed by atoms with E-state index in [1.165, 1.54) is 11.1 Å². The van der Waals surface area contributed by atoms with Crippen LogP contribution in [0, 0.1) is 0 Å². The Hall–Kier alpha value is -1.90. The summed E-state index contributed by atoms with van der Waals surface area (Å²) in [4.78, 5) is 0. The molecule has 0 saturated heterocycles. The lowest BCUT2D eigenvalue weighted by molar-refractivity contribution is 0.277. The topological polar surface area (TPSA) is 27.7 Å². The molecule has 3 heteroatoms. The number of hydrogen-bond acceptors (Lipinski definition) is 3. The zero-order chi connectivity index (χ0) is 13.0. The third-order valence-corrected chi connectivity index (χ3v) is 3.13. The fraction of sp³-hybridized carbons (Fsp3) is 0.333. The number of allylic oxidation sites excluding steroid dienone is 4. The number of rotatable bonds is 4. The van der Waals surface area contributed by atoms with Crippen LogP contribution in [0.25, 0.3) is 5.57 Å². The van der Waals surface area contributed by atoms with E-state index in [1.54, 1.807) is 21.3 Å². The Balaban J connectivity index is 2.30. The number of methoxy groups -OCH3 is 3. The minimum absolute atomic E-state index is 0.755. The largest absolute Gasteiger partial charge is 0.501 e. The highest BCUT2D eigenvalue weighted by Gasteiger charge is 2.11. The molecule has 2 rings (SSSR count). The van der Waals surface area contributed by atoms with Crippen molar-refractivity contribution in [2.75, 3.05) is 21.3 Å². The van der Waals surface area contributed by atoms with Crippen LogP contribution in [-0.2, 0) is 4.74 Å². The molecule has 3 nitrogen and oxygen atoms in total. The van der Waals surface area contributed by atoms with Gasteiger partial charge in [-0.2, -0.15) is 0 Å². The zero-order valence-electron chi connectivity index (χ0n) is 11.0. The van der Waals surface area contributed by atoms with E-state index in [9.17, 15) is 0 Å². The molecule has 1 aliphatic carbocycles. The highest BCUT2D eigenvalue weighted by molar-refractivity contribution is 5.70. The summed E-state index contributed by atoms with van der Waals surface area (Å²) in [5.41, 5.74) is 2.45. The lowest BCUT2D eigenvalue weighted by Crippen LogP contribution is -1.97. The fourth-order valence-electron chi connectivity index (χ4n) is 2.06. The van der Waals surface area contributed by atoms with Crippen molar-refractivity contribution >= 4 is 5.57 Å². The summed E-state index contributed by atoms with van der Waals surface area (Å²) < 4.78 is 15.8. The van der Waals surface area contributed by atoms with Gasteiger partial charge in [-0.25, -0.2) is 0 Å². The van der Waals surface area contributed by atoms with Gasteiger partial charge in [0.15, 0.2) is 11.5 Å². The van der Waals surface area contributed by atoms with E-state index in [4.69, 9.17) is 14.2 Å². The summed E-state index contributed by atoms with van der Waals surface area (Å²) in [6.07, 6.45) is 6.05. The Morgan fingerprint density at radius 1 is 0.833 bits per heavy atom. The summed E-state index contributed by atoms with van der Waals surface area (Å²) in [5, 5.41) is 0. The molecule has 1 aromatic rings. The van der Waals surface area contributed by atoms with E-state index in [1.807, 2.05) is 18.2 Å². The van der Waals surface area contributed by atoms with Crippen molar-refractivity contribution in [1.82, 2.24) is 0 Å². The van der Waals surface area contributed by atoms with E-state index in [-0.39, 0.29) is 0 Å². The summed E-state index contributed by atoms with van der Waals surface area (Å²) >= 11 is 0. The second-order valence-corrected chi connectivity index (χ2v) is 4.10. The molecule has 18 heavy (non-hydrogen) atoms. The van der Waals surface area contributed by atoms with Crippen molar-refractivity contribution in [2.45, 2.75) is 12.8 Å². The Labute approximate surface area is 108 Å². The Bertz CT molecular complexity index is 487. The van der Waals surface area contributed by atoms with Gasteiger partial charge in [0.1, 0.15) is 0 Å². The molecule has 0 unspecified atom stereocenters. The second-order valence-electron chi connectivity index (χ2n) is 4.10. The minimum atomic E-state index is 0.755. The van der Waals surface area contributed by atoms with E-state index in [2.05, 4.69) is 12.1 Å². The summed E-state index contributed by atoms with van der Waals surface area (Å²) in [5.74, 6) is 2.54. The molecule has 0 atom stereocenters. The van der Waals surface area contributed by atoms with Gasteiger partial charge in [0.25, 0.3) is 0 Å². The molecule has 1 aliphatic rings. The van der Waals surface area contributed by atoms with Gasteiger partial charge in [-0.3, -0.25) is 0 Å². The van der Waals surface area contributed by atoms with Crippen molar-refractivity contribution in [2.24, 2.45) is 0 Å². The highest BCUT2D eigenvalue weighted by atomic mass is 16.5. The normalized spacial score (nSPS) is 14.6. The van der Waals surface area contributed by atoms with Crippen LogP contribution in [0.15, 0.2) is 36.1 Å². The van der Waals surface area contributed by atoms with Crippen LogP contribution in [0.4, 0.5) is 0 Å². The smallest absolute Gasteiger partial charge is 0.161 e. The van der Waals surface area contributed by atoms with Gasteiger partial charge in [0.2, 0.25) is 0 Å². The molecule has 0 amide bonds. The van der Waals surface area contributed by atoms with Crippen molar-refractivity contribution in [3.8, 4) is 11.5 Å². The van der Waals surface area contributed by atoms with Gasteiger partial charge >= 0.3 is 0 Å². The molecule has 96 valence electrons. The lowest BCUT2D eigenvalue weighted by Gasteiger charge is -2.15. The maximum atomic E-state index is 5.32. The molecule has 0 aromatic heterocycles. The molecule has 0 saturated carbocycles. The molecule has 0 bridgehead atoms. The predicted octanol–water partition coefficient (Wildman–Crippen LogP) is 3.41. The van der Waals surface area contributed by atoms with Gasteiger partial charge in [0.05, 0.1) is 27.1 Å². The van der Waals surface area contributed by atoms with Crippen molar-refractivity contribution in [3.63, 3.8) is 0 Å². The molecule has 1 aromatic carbocycles. The molecule has 0 radical (unpaired) electrons. The van der Waals surface area contributed by atoms with Gasteiger partial charge in [-0.1, -0.05) is 12.1 Å².